The molecule has 0 unspecified atom stereocenters. The highest BCUT2D eigenvalue weighted by Gasteiger charge is 2.23. The van der Waals surface area contributed by atoms with Gasteiger partial charge in [-0.2, -0.15) is 0 Å². The fourth-order valence-corrected chi connectivity index (χ4v) is 4.06. The third-order valence-electron chi connectivity index (χ3n) is 5.66. The lowest BCUT2D eigenvalue weighted by atomic mass is 9.76. The molecule has 0 bridgehead atoms. The number of hydrogen-bond acceptors (Lipinski definition) is 1. The molecular formula is C26H32O. The molecule has 0 saturated heterocycles. The van der Waals surface area contributed by atoms with Gasteiger partial charge in [0.05, 0.1) is 13.2 Å². The van der Waals surface area contributed by atoms with E-state index >= 15 is 0 Å². The second-order valence-corrected chi connectivity index (χ2v) is 7.54. The van der Waals surface area contributed by atoms with E-state index in [2.05, 4.69) is 67.6 Å². The van der Waals surface area contributed by atoms with Gasteiger partial charge in [0.1, 0.15) is 0 Å². The molecule has 0 atom stereocenters. The van der Waals surface area contributed by atoms with Crippen LogP contribution in [0.1, 0.15) is 73.6 Å². The molecule has 1 heteroatoms. The summed E-state index contributed by atoms with van der Waals surface area (Å²) in [6.45, 7) is 5.48. The van der Waals surface area contributed by atoms with Gasteiger partial charge in [-0.05, 0) is 73.6 Å². The van der Waals surface area contributed by atoms with E-state index in [1.165, 1.54) is 47.9 Å². The number of ether oxygens (including phenoxy) is 1. The zero-order valence-corrected chi connectivity index (χ0v) is 16.7. The van der Waals surface area contributed by atoms with Crippen molar-refractivity contribution in [3.05, 3.63) is 89.0 Å². The van der Waals surface area contributed by atoms with Gasteiger partial charge in [0.25, 0.3) is 0 Å². The Morgan fingerprint density at radius 3 is 1.85 bits per heavy atom. The maximum absolute atomic E-state index is 5.64. The van der Waals surface area contributed by atoms with Crippen molar-refractivity contribution in [2.45, 2.75) is 58.0 Å². The third kappa shape index (κ3) is 5.68. The summed E-state index contributed by atoms with van der Waals surface area (Å²) in [4.78, 5) is 0. The van der Waals surface area contributed by atoms with Crippen LogP contribution in [0.15, 0.2) is 66.8 Å². The minimum absolute atomic E-state index is 0.692. The van der Waals surface area contributed by atoms with Gasteiger partial charge < -0.3 is 4.74 Å². The van der Waals surface area contributed by atoms with E-state index < -0.39 is 0 Å². The standard InChI is InChI=1S/C26H32O/c1-3-5-19-27-20-22-9-13-24(14-10-22)26-17-15-25(16-18-26)23-11-7-21(6-4-2)8-12-23/h3-14,25-26H,15-20H2,1-2H3. The molecule has 0 heterocycles. The van der Waals surface area contributed by atoms with Crippen LogP contribution in [-0.2, 0) is 11.3 Å². The van der Waals surface area contributed by atoms with Crippen LogP contribution in [0.25, 0.3) is 6.08 Å². The number of allylic oxidation sites excluding steroid dienone is 2. The Morgan fingerprint density at radius 1 is 0.778 bits per heavy atom. The lowest BCUT2D eigenvalue weighted by Gasteiger charge is -2.29. The highest BCUT2D eigenvalue weighted by Crippen LogP contribution is 2.40. The first-order valence-electron chi connectivity index (χ1n) is 10.3. The number of hydrogen-bond donors (Lipinski definition) is 0. The lowest BCUT2D eigenvalue weighted by Crippen LogP contribution is -2.12. The summed E-state index contributed by atoms with van der Waals surface area (Å²) in [5, 5.41) is 0. The molecule has 1 aliphatic carbocycles. The van der Waals surface area contributed by atoms with Crippen LogP contribution in [0.2, 0.25) is 0 Å². The van der Waals surface area contributed by atoms with Crippen LogP contribution in [0.5, 0.6) is 0 Å². The summed E-state index contributed by atoms with van der Waals surface area (Å²) in [6.07, 6.45) is 13.5. The van der Waals surface area contributed by atoms with E-state index in [-0.39, 0.29) is 0 Å². The molecule has 1 saturated carbocycles. The largest absolute Gasteiger partial charge is 0.373 e. The molecule has 0 N–H and O–H groups in total. The second-order valence-electron chi connectivity index (χ2n) is 7.54. The van der Waals surface area contributed by atoms with Crippen LogP contribution in [0.4, 0.5) is 0 Å². The predicted molar refractivity (Wildman–Crippen MR) is 116 cm³/mol. The molecule has 1 aliphatic rings. The summed E-state index contributed by atoms with van der Waals surface area (Å²) in [5.41, 5.74) is 5.56. The Hall–Kier alpha value is -2.12. The minimum Gasteiger partial charge on any atom is -0.373 e. The Kier molecular flexibility index (Phi) is 7.47. The molecule has 3 rings (SSSR count). The SMILES string of the molecule is CC=CCOCc1ccc(C2CCC(c3ccc(C=CC)cc3)CC2)cc1. The first kappa shape index (κ1) is 19.6. The molecule has 0 aliphatic heterocycles. The summed E-state index contributed by atoms with van der Waals surface area (Å²) >= 11 is 0. The lowest BCUT2D eigenvalue weighted by molar-refractivity contribution is 0.148. The summed E-state index contributed by atoms with van der Waals surface area (Å²) in [6, 6.07) is 18.2. The fourth-order valence-electron chi connectivity index (χ4n) is 4.06. The van der Waals surface area contributed by atoms with Crippen LogP contribution in [0, 0.1) is 0 Å². The Bertz CT molecular complexity index is 729. The first-order valence-corrected chi connectivity index (χ1v) is 10.3. The molecule has 1 fully saturated rings. The van der Waals surface area contributed by atoms with Gasteiger partial charge >= 0.3 is 0 Å². The zero-order chi connectivity index (χ0) is 18.9. The molecular weight excluding hydrogens is 328 g/mol. The van der Waals surface area contributed by atoms with Crippen molar-refractivity contribution >= 4 is 6.08 Å². The van der Waals surface area contributed by atoms with Crippen LogP contribution >= 0.6 is 0 Å². The van der Waals surface area contributed by atoms with Crippen molar-refractivity contribution in [3.8, 4) is 0 Å². The van der Waals surface area contributed by atoms with Gasteiger partial charge in [0, 0.05) is 0 Å². The van der Waals surface area contributed by atoms with E-state index in [0.29, 0.717) is 19.1 Å². The summed E-state index contributed by atoms with van der Waals surface area (Å²) < 4.78 is 5.64. The fraction of sp³-hybridized carbons (Fsp3) is 0.385. The van der Waals surface area contributed by atoms with Crippen molar-refractivity contribution in [1.29, 1.82) is 0 Å². The van der Waals surface area contributed by atoms with Crippen molar-refractivity contribution in [3.63, 3.8) is 0 Å². The molecule has 2 aromatic rings. The van der Waals surface area contributed by atoms with Crippen molar-refractivity contribution < 1.29 is 4.74 Å². The van der Waals surface area contributed by atoms with Gasteiger partial charge in [-0.15, -0.1) is 0 Å². The Balaban J connectivity index is 1.51. The molecule has 0 radical (unpaired) electrons. The van der Waals surface area contributed by atoms with Gasteiger partial charge in [-0.25, -0.2) is 0 Å². The van der Waals surface area contributed by atoms with Gasteiger partial charge in [-0.1, -0.05) is 72.8 Å². The molecule has 0 amide bonds. The van der Waals surface area contributed by atoms with Crippen molar-refractivity contribution in [1.82, 2.24) is 0 Å². The summed E-state index contributed by atoms with van der Waals surface area (Å²) in [7, 11) is 0. The summed E-state index contributed by atoms with van der Waals surface area (Å²) in [5.74, 6) is 1.43. The van der Waals surface area contributed by atoms with Gasteiger partial charge in [0.15, 0.2) is 0 Å². The molecule has 0 spiro atoms. The number of benzene rings is 2. The normalized spacial score (nSPS) is 20.5. The van der Waals surface area contributed by atoms with Gasteiger partial charge in [-0.3, -0.25) is 0 Å². The maximum atomic E-state index is 5.64. The van der Waals surface area contributed by atoms with Crippen molar-refractivity contribution in [2.75, 3.05) is 6.61 Å². The predicted octanol–water partition coefficient (Wildman–Crippen LogP) is 7.25. The second kappa shape index (κ2) is 10.3. The van der Waals surface area contributed by atoms with Crippen LogP contribution in [0.3, 0.4) is 0 Å². The number of rotatable bonds is 7. The van der Waals surface area contributed by atoms with Gasteiger partial charge in [0.2, 0.25) is 0 Å². The molecule has 142 valence electrons. The van der Waals surface area contributed by atoms with E-state index in [1.807, 2.05) is 19.1 Å². The first-order chi connectivity index (χ1) is 13.3. The third-order valence-corrected chi connectivity index (χ3v) is 5.66. The van der Waals surface area contributed by atoms with E-state index in [1.54, 1.807) is 0 Å². The minimum atomic E-state index is 0.692. The van der Waals surface area contributed by atoms with E-state index in [0.717, 1.165) is 5.92 Å². The monoisotopic (exact) mass is 360 g/mol. The molecule has 2 aromatic carbocycles. The Morgan fingerprint density at radius 2 is 1.33 bits per heavy atom. The van der Waals surface area contributed by atoms with E-state index in [4.69, 9.17) is 4.74 Å². The quantitative estimate of drug-likeness (QED) is 0.373. The average molecular weight is 361 g/mol. The zero-order valence-electron chi connectivity index (χ0n) is 16.7. The average Bonchev–Trinajstić information content (AvgIpc) is 2.73. The Labute approximate surface area is 164 Å². The van der Waals surface area contributed by atoms with E-state index in [9.17, 15) is 0 Å². The van der Waals surface area contributed by atoms with Crippen molar-refractivity contribution in [2.24, 2.45) is 0 Å². The smallest absolute Gasteiger partial charge is 0.0721 e. The topological polar surface area (TPSA) is 9.23 Å². The molecule has 27 heavy (non-hydrogen) atoms. The molecule has 1 nitrogen and oxygen atoms in total. The van der Waals surface area contributed by atoms with Crippen LogP contribution in [-0.4, -0.2) is 6.61 Å². The highest BCUT2D eigenvalue weighted by molar-refractivity contribution is 5.49. The highest BCUT2D eigenvalue weighted by atomic mass is 16.5. The molecule has 0 aromatic heterocycles. The van der Waals surface area contributed by atoms with Crippen LogP contribution < -0.4 is 0 Å². The maximum Gasteiger partial charge on any atom is 0.0721 e.